The number of phenolic OH excluding ortho intramolecular Hbond substituents is 2. The number of carbonyl (C=O) groups is 1. The van der Waals surface area contributed by atoms with Gasteiger partial charge in [0.15, 0.2) is 5.43 Å². The molecule has 1 aromatic heterocycles. The summed E-state index contributed by atoms with van der Waals surface area (Å²) in [5.74, 6) is 4.61. The molecule has 0 saturated heterocycles. The number of fused-ring (bicyclic) bond motifs is 3. The van der Waals surface area contributed by atoms with Gasteiger partial charge in [-0.3, -0.25) is 4.79 Å². The van der Waals surface area contributed by atoms with E-state index in [0.717, 1.165) is 11.6 Å². The second kappa shape index (κ2) is 15.0. The number of aromatic hydroxyl groups is 2. The number of nitrogens with two attached hydrogens (primary N) is 2. The maximum atomic E-state index is 14.0. The van der Waals surface area contributed by atoms with Crippen LogP contribution in [0.15, 0.2) is 98.7 Å². The van der Waals surface area contributed by atoms with E-state index in [1.807, 2.05) is 31.4 Å². The molecular weight excluding hydrogens is 716 g/mol. The SMILES string of the molecule is C/C=C(/C)C(=O)O[C@@H]1Cc2c3c(c4oc(CO)cc(=O)c4c2O)[C@@H](C2=CCNC(N)=C2)[C@@](CO)(c2cccc(O)c2)C#CC[C@H](CC2=CNC(N)C=C2)[C@]1(C)O3. The van der Waals surface area contributed by atoms with E-state index in [1.165, 1.54) is 12.1 Å². The quantitative estimate of drug-likeness (QED) is 0.0939. The molecule has 56 heavy (non-hydrogen) atoms. The molecule has 3 aromatic rings. The van der Waals surface area contributed by atoms with Gasteiger partial charge in [0.25, 0.3) is 0 Å². The molecule has 0 spiro atoms. The molecule has 5 heterocycles. The highest BCUT2D eigenvalue weighted by Crippen LogP contribution is 2.57. The number of dihydropyridines is 2. The number of aliphatic hydroxyl groups is 2. The van der Waals surface area contributed by atoms with E-state index >= 15 is 0 Å². The molecule has 13 heteroatoms. The first-order valence-electron chi connectivity index (χ1n) is 18.5. The number of hydrogen-bond acceptors (Lipinski definition) is 13. The van der Waals surface area contributed by atoms with Crippen molar-refractivity contribution in [3.05, 3.63) is 122 Å². The van der Waals surface area contributed by atoms with Crippen LogP contribution < -0.4 is 32.3 Å². The Morgan fingerprint density at radius 1 is 1.21 bits per heavy atom. The van der Waals surface area contributed by atoms with Crippen molar-refractivity contribution in [3.8, 4) is 29.1 Å². The Hall–Kier alpha value is -5.94. The molecule has 0 amide bonds. The van der Waals surface area contributed by atoms with Gasteiger partial charge in [-0.05, 0) is 68.2 Å². The minimum absolute atomic E-state index is 0.0708. The minimum atomic E-state index is -1.56. The van der Waals surface area contributed by atoms with Gasteiger partial charge >= 0.3 is 5.97 Å². The van der Waals surface area contributed by atoms with Crippen LogP contribution >= 0.6 is 0 Å². The molecule has 4 aliphatic rings. The zero-order valence-electron chi connectivity index (χ0n) is 31.4. The number of rotatable bonds is 8. The van der Waals surface area contributed by atoms with E-state index in [1.54, 1.807) is 38.1 Å². The molecule has 13 nitrogen and oxygen atoms in total. The van der Waals surface area contributed by atoms with Gasteiger partial charge in [-0.1, -0.05) is 36.3 Å². The summed E-state index contributed by atoms with van der Waals surface area (Å²) in [7, 11) is 0. The summed E-state index contributed by atoms with van der Waals surface area (Å²) in [4.78, 5) is 27.5. The fourth-order valence-electron chi connectivity index (χ4n) is 8.19. The monoisotopic (exact) mass is 762 g/mol. The zero-order valence-corrected chi connectivity index (χ0v) is 31.4. The number of phenols is 2. The van der Waals surface area contributed by atoms with Crippen molar-refractivity contribution in [2.45, 2.75) is 75.8 Å². The topological polar surface area (TPSA) is 223 Å². The van der Waals surface area contributed by atoms with E-state index in [2.05, 4.69) is 22.5 Å². The Morgan fingerprint density at radius 2 is 2.02 bits per heavy atom. The molecule has 7 rings (SSSR count). The van der Waals surface area contributed by atoms with Gasteiger partial charge in [-0.2, -0.15) is 0 Å². The largest absolute Gasteiger partial charge is 0.508 e. The number of ether oxygens (including phenoxy) is 2. The van der Waals surface area contributed by atoms with Crippen molar-refractivity contribution in [1.29, 1.82) is 0 Å². The summed E-state index contributed by atoms with van der Waals surface area (Å²) in [6.07, 6.45) is 9.89. The number of benzene rings is 2. The van der Waals surface area contributed by atoms with Crippen molar-refractivity contribution in [2.24, 2.45) is 17.4 Å². The molecule has 10 N–H and O–H groups in total. The number of nitrogens with one attached hydrogen (secondary N) is 2. The fourth-order valence-corrected chi connectivity index (χ4v) is 8.19. The third-order valence-electron chi connectivity index (χ3n) is 11.4. The number of carbonyl (C=O) groups excluding carboxylic acids is 1. The Morgan fingerprint density at radius 3 is 2.70 bits per heavy atom. The standard InChI is InChI=1S/C43H46N4O9/c1-4-23(2)41(53)55-32-19-30-38(52)35-31(51)18-29(21-48)54-40(35)36-37(25-12-14-46-34(45)16-25)43(22-49,27-7-5-9-28(50)17-27)13-6-8-26(42(32,3)56-39(30)36)15-24-10-11-33(44)47-20-24/h4-5,7,9-12,16-18,20,26,32-33,37,46-50,52H,8,14-15,19,21-22,44-45H2,1-3H3/b23-4-/t26-,32-,33?,37-,42+,43+/m1/s1. The number of aliphatic hydroxyl groups excluding tert-OH is 2. The van der Waals surface area contributed by atoms with Crippen LogP contribution in [0.25, 0.3) is 11.0 Å². The number of allylic oxidation sites excluding steroid dienone is 5. The van der Waals surface area contributed by atoms with Crippen molar-refractivity contribution in [1.82, 2.24) is 10.6 Å². The zero-order chi connectivity index (χ0) is 39.9. The first kappa shape index (κ1) is 38.3. The maximum Gasteiger partial charge on any atom is 0.333 e. The lowest BCUT2D eigenvalue weighted by molar-refractivity contribution is -0.164. The van der Waals surface area contributed by atoms with E-state index in [0.29, 0.717) is 35.5 Å². The molecule has 292 valence electrons. The summed E-state index contributed by atoms with van der Waals surface area (Å²) in [6, 6.07) is 7.54. The Balaban J connectivity index is 1.63. The second-order valence-corrected chi connectivity index (χ2v) is 14.8. The molecule has 2 bridgehead atoms. The lowest BCUT2D eigenvalue weighted by atomic mass is 9.63. The predicted octanol–water partition coefficient (Wildman–Crippen LogP) is 3.35. The Bertz CT molecular complexity index is 2380. The molecule has 4 aliphatic heterocycles. The van der Waals surface area contributed by atoms with Crippen LogP contribution in [0.4, 0.5) is 0 Å². The third-order valence-corrected chi connectivity index (χ3v) is 11.4. The van der Waals surface area contributed by atoms with Crippen molar-refractivity contribution < 1.29 is 39.1 Å². The van der Waals surface area contributed by atoms with Crippen molar-refractivity contribution in [2.75, 3.05) is 13.2 Å². The van der Waals surface area contributed by atoms with Gasteiger partial charge in [-0.15, -0.1) is 5.92 Å². The van der Waals surface area contributed by atoms with Crippen LogP contribution in [0.3, 0.4) is 0 Å². The molecule has 1 unspecified atom stereocenters. The molecule has 0 fully saturated rings. The maximum absolute atomic E-state index is 14.0. The normalized spacial score (nSPS) is 27.0. The summed E-state index contributed by atoms with van der Waals surface area (Å²) in [5, 5.41) is 51.1. The van der Waals surface area contributed by atoms with Crippen LogP contribution in [0.2, 0.25) is 0 Å². The molecule has 0 aliphatic carbocycles. The minimum Gasteiger partial charge on any atom is -0.508 e. The lowest BCUT2D eigenvalue weighted by Gasteiger charge is -2.48. The van der Waals surface area contributed by atoms with Gasteiger partial charge in [0.1, 0.15) is 52.3 Å². The molecule has 0 saturated carbocycles. The van der Waals surface area contributed by atoms with Crippen LogP contribution in [0.5, 0.6) is 17.2 Å². The highest BCUT2D eigenvalue weighted by Gasteiger charge is 2.54. The van der Waals surface area contributed by atoms with E-state index in [-0.39, 0.29) is 58.4 Å². The van der Waals surface area contributed by atoms with Crippen LogP contribution in [-0.4, -0.2) is 57.4 Å². The number of hydrogen-bond donors (Lipinski definition) is 8. The average molecular weight is 763 g/mol. The Labute approximate surface area is 323 Å². The van der Waals surface area contributed by atoms with Crippen LogP contribution in [-0.2, 0) is 28.0 Å². The first-order chi connectivity index (χ1) is 26.8. The third kappa shape index (κ3) is 6.59. The fraction of sp³-hybridized carbons (Fsp3) is 0.349. The molecule has 2 aromatic carbocycles. The molecule has 6 atom stereocenters. The first-order valence-corrected chi connectivity index (χ1v) is 18.5. The summed E-state index contributed by atoms with van der Waals surface area (Å²) in [5.41, 5.74) is 11.5. The van der Waals surface area contributed by atoms with E-state index in [9.17, 15) is 30.0 Å². The molecular formula is C43H46N4O9. The average Bonchev–Trinajstić information content (AvgIpc) is 3.18. The summed E-state index contributed by atoms with van der Waals surface area (Å²) >= 11 is 0. The Kier molecular flexibility index (Phi) is 10.2. The van der Waals surface area contributed by atoms with Gasteiger partial charge in [-0.25, -0.2) is 4.79 Å². The summed E-state index contributed by atoms with van der Waals surface area (Å²) < 4.78 is 19.9. The van der Waals surface area contributed by atoms with E-state index < -0.39 is 59.3 Å². The second-order valence-electron chi connectivity index (χ2n) is 14.8. The van der Waals surface area contributed by atoms with Crippen molar-refractivity contribution >= 4 is 16.9 Å². The summed E-state index contributed by atoms with van der Waals surface area (Å²) in [6.45, 7) is 4.30. The highest BCUT2D eigenvalue weighted by atomic mass is 16.6. The number of esters is 1. The van der Waals surface area contributed by atoms with Gasteiger partial charge in [0.2, 0.25) is 0 Å². The van der Waals surface area contributed by atoms with E-state index in [4.69, 9.17) is 25.4 Å². The van der Waals surface area contributed by atoms with Crippen molar-refractivity contribution in [3.63, 3.8) is 0 Å². The van der Waals surface area contributed by atoms with Gasteiger partial charge in [0, 0.05) is 60.2 Å². The van der Waals surface area contributed by atoms with Crippen LogP contribution in [0, 0.1) is 17.8 Å². The predicted molar refractivity (Wildman–Crippen MR) is 209 cm³/mol. The van der Waals surface area contributed by atoms with Gasteiger partial charge in [0.05, 0.1) is 24.0 Å². The smallest absolute Gasteiger partial charge is 0.333 e. The molecule has 0 radical (unpaired) electrons. The highest BCUT2D eigenvalue weighted by molar-refractivity contribution is 5.92. The van der Waals surface area contributed by atoms with Gasteiger partial charge < -0.3 is 56.4 Å². The lowest BCUT2D eigenvalue weighted by Crippen LogP contribution is -2.57. The van der Waals surface area contributed by atoms with Crippen LogP contribution in [0.1, 0.15) is 62.0 Å².